The lowest BCUT2D eigenvalue weighted by Gasteiger charge is -2.30. The van der Waals surface area contributed by atoms with Crippen molar-refractivity contribution in [2.24, 2.45) is 0 Å². The summed E-state index contributed by atoms with van der Waals surface area (Å²) >= 11 is 0. The highest BCUT2D eigenvalue weighted by Crippen LogP contribution is 2.36. The van der Waals surface area contributed by atoms with Crippen molar-refractivity contribution in [3.05, 3.63) is 53.6 Å². The van der Waals surface area contributed by atoms with Gasteiger partial charge >= 0.3 is 0 Å². The molecule has 0 radical (unpaired) electrons. The van der Waals surface area contributed by atoms with Crippen LogP contribution in [-0.4, -0.2) is 11.7 Å². The van der Waals surface area contributed by atoms with Crippen molar-refractivity contribution in [2.45, 2.75) is 12.3 Å². The largest absolute Gasteiger partial charge is 0.506 e. The van der Waals surface area contributed by atoms with E-state index in [1.807, 2.05) is 6.07 Å². The first-order valence-corrected chi connectivity index (χ1v) is 6.04. The molecular weight excluding hydrogens is 226 g/mol. The standard InChI is InChI=1S/C15H15NO2/c16-15-13(17)6-3-7-14(15)18-9-11-8-10-4-1-2-5-12(10)11/h1-7,11,17H,8-9,16H2. The van der Waals surface area contributed by atoms with E-state index in [0.29, 0.717) is 24.0 Å². The van der Waals surface area contributed by atoms with E-state index in [9.17, 15) is 5.11 Å². The molecule has 18 heavy (non-hydrogen) atoms. The predicted molar refractivity (Wildman–Crippen MR) is 70.9 cm³/mol. The molecule has 0 aromatic heterocycles. The van der Waals surface area contributed by atoms with Gasteiger partial charge < -0.3 is 15.6 Å². The zero-order valence-corrected chi connectivity index (χ0v) is 9.97. The molecular formula is C15H15NO2. The Bertz CT molecular complexity index is 580. The second-order valence-corrected chi connectivity index (χ2v) is 4.60. The molecule has 0 amide bonds. The van der Waals surface area contributed by atoms with Gasteiger partial charge in [0.1, 0.15) is 17.2 Å². The lowest BCUT2D eigenvalue weighted by molar-refractivity contribution is 0.276. The minimum absolute atomic E-state index is 0.0708. The van der Waals surface area contributed by atoms with Gasteiger partial charge in [0, 0.05) is 5.92 Å². The molecule has 3 rings (SSSR count). The SMILES string of the molecule is Nc1c(O)cccc1OCC1Cc2ccccc21. The molecule has 1 unspecified atom stereocenters. The number of phenolic OH excluding ortho intramolecular Hbond substituents is 1. The second-order valence-electron chi connectivity index (χ2n) is 4.60. The molecule has 2 aromatic rings. The van der Waals surface area contributed by atoms with Crippen LogP contribution in [-0.2, 0) is 6.42 Å². The van der Waals surface area contributed by atoms with Crippen molar-refractivity contribution in [3.8, 4) is 11.5 Å². The Balaban J connectivity index is 1.69. The quantitative estimate of drug-likeness (QED) is 0.641. The summed E-state index contributed by atoms with van der Waals surface area (Å²) in [6, 6.07) is 13.5. The van der Waals surface area contributed by atoms with Gasteiger partial charge in [-0.1, -0.05) is 30.3 Å². The molecule has 1 aliphatic rings. The van der Waals surface area contributed by atoms with E-state index in [0.717, 1.165) is 6.42 Å². The third-order valence-corrected chi connectivity index (χ3v) is 3.44. The van der Waals surface area contributed by atoms with Crippen LogP contribution < -0.4 is 10.5 Å². The predicted octanol–water partition coefficient (Wildman–Crippen LogP) is 2.69. The molecule has 1 aliphatic carbocycles. The number of ether oxygens (including phenoxy) is 1. The fourth-order valence-electron chi connectivity index (χ4n) is 2.36. The number of aromatic hydroxyl groups is 1. The Morgan fingerprint density at radius 1 is 1.17 bits per heavy atom. The average molecular weight is 241 g/mol. The molecule has 92 valence electrons. The van der Waals surface area contributed by atoms with Gasteiger partial charge in [0.2, 0.25) is 0 Å². The summed E-state index contributed by atoms with van der Waals surface area (Å²) in [5.74, 6) is 1.06. The fraction of sp³-hybridized carbons (Fsp3) is 0.200. The van der Waals surface area contributed by atoms with Gasteiger partial charge in [0.25, 0.3) is 0 Å². The monoisotopic (exact) mass is 241 g/mol. The van der Waals surface area contributed by atoms with Crippen LogP contribution in [0.2, 0.25) is 0 Å². The molecule has 0 bridgehead atoms. The second kappa shape index (κ2) is 4.26. The number of hydrogen-bond donors (Lipinski definition) is 2. The van der Waals surface area contributed by atoms with Gasteiger partial charge in [0.15, 0.2) is 0 Å². The highest BCUT2D eigenvalue weighted by Gasteiger charge is 2.26. The van der Waals surface area contributed by atoms with Gasteiger partial charge in [-0.15, -0.1) is 0 Å². The van der Waals surface area contributed by atoms with Crippen molar-refractivity contribution >= 4 is 5.69 Å². The molecule has 0 saturated carbocycles. The number of rotatable bonds is 3. The summed E-state index contributed by atoms with van der Waals surface area (Å²) in [5, 5.41) is 9.49. The molecule has 3 N–H and O–H groups in total. The van der Waals surface area contributed by atoms with Gasteiger partial charge in [-0.3, -0.25) is 0 Å². The van der Waals surface area contributed by atoms with Crippen molar-refractivity contribution in [2.75, 3.05) is 12.3 Å². The topological polar surface area (TPSA) is 55.5 Å². The van der Waals surface area contributed by atoms with E-state index in [-0.39, 0.29) is 5.75 Å². The first-order chi connectivity index (χ1) is 8.75. The highest BCUT2D eigenvalue weighted by atomic mass is 16.5. The molecule has 0 saturated heterocycles. The third kappa shape index (κ3) is 1.78. The fourth-order valence-corrected chi connectivity index (χ4v) is 2.36. The Kier molecular flexibility index (Phi) is 2.59. The molecule has 3 heteroatoms. The summed E-state index contributed by atoms with van der Waals surface area (Å²) in [6.45, 7) is 0.602. The number of phenols is 1. The maximum absolute atomic E-state index is 9.49. The van der Waals surface area contributed by atoms with Gasteiger partial charge in [0.05, 0.1) is 6.61 Å². The first kappa shape index (κ1) is 11.0. The van der Waals surface area contributed by atoms with Crippen LogP contribution >= 0.6 is 0 Å². The number of hydrogen-bond acceptors (Lipinski definition) is 3. The lowest BCUT2D eigenvalue weighted by Crippen LogP contribution is -2.23. The number of para-hydroxylation sites is 1. The maximum atomic E-state index is 9.49. The van der Waals surface area contributed by atoms with Crippen molar-refractivity contribution in [1.29, 1.82) is 0 Å². The summed E-state index contributed by atoms with van der Waals surface area (Å²) in [4.78, 5) is 0. The van der Waals surface area contributed by atoms with Gasteiger partial charge in [-0.05, 0) is 29.7 Å². The number of anilines is 1. The molecule has 0 aliphatic heterocycles. The molecule has 3 nitrogen and oxygen atoms in total. The van der Waals surface area contributed by atoms with Crippen LogP contribution in [0.5, 0.6) is 11.5 Å². The van der Waals surface area contributed by atoms with Gasteiger partial charge in [-0.2, -0.15) is 0 Å². The summed E-state index contributed by atoms with van der Waals surface area (Å²) in [6.07, 6.45) is 1.05. The van der Waals surface area contributed by atoms with E-state index in [1.54, 1.807) is 18.2 Å². The zero-order chi connectivity index (χ0) is 12.5. The summed E-state index contributed by atoms with van der Waals surface area (Å²) in [7, 11) is 0. The third-order valence-electron chi connectivity index (χ3n) is 3.44. The summed E-state index contributed by atoms with van der Waals surface area (Å²) < 4.78 is 5.69. The maximum Gasteiger partial charge on any atom is 0.146 e. The molecule has 0 heterocycles. The lowest BCUT2D eigenvalue weighted by atomic mass is 9.78. The number of fused-ring (bicyclic) bond motifs is 1. The Labute approximate surface area is 106 Å². The number of nitrogen functional groups attached to an aromatic ring is 1. The van der Waals surface area contributed by atoms with E-state index in [2.05, 4.69) is 18.2 Å². The van der Waals surface area contributed by atoms with Crippen molar-refractivity contribution < 1.29 is 9.84 Å². The van der Waals surface area contributed by atoms with Crippen LogP contribution in [0.3, 0.4) is 0 Å². The molecule has 0 fully saturated rings. The van der Waals surface area contributed by atoms with Crippen molar-refractivity contribution in [3.63, 3.8) is 0 Å². The molecule has 2 aromatic carbocycles. The van der Waals surface area contributed by atoms with E-state index < -0.39 is 0 Å². The van der Waals surface area contributed by atoms with Crippen LogP contribution in [0.25, 0.3) is 0 Å². The first-order valence-electron chi connectivity index (χ1n) is 6.04. The highest BCUT2D eigenvalue weighted by molar-refractivity contribution is 5.61. The normalized spacial score (nSPS) is 16.8. The number of nitrogens with two attached hydrogens (primary N) is 1. The minimum atomic E-state index is 0.0708. The van der Waals surface area contributed by atoms with Crippen LogP contribution in [0.15, 0.2) is 42.5 Å². The Morgan fingerprint density at radius 2 is 2.00 bits per heavy atom. The molecule has 0 spiro atoms. The average Bonchev–Trinajstić information content (AvgIpc) is 2.35. The smallest absolute Gasteiger partial charge is 0.146 e. The van der Waals surface area contributed by atoms with Crippen LogP contribution in [0, 0.1) is 0 Å². The Morgan fingerprint density at radius 3 is 2.83 bits per heavy atom. The van der Waals surface area contributed by atoms with E-state index in [4.69, 9.17) is 10.5 Å². The van der Waals surface area contributed by atoms with Crippen LogP contribution in [0.4, 0.5) is 5.69 Å². The zero-order valence-electron chi connectivity index (χ0n) is 9.97. The van der Waals surface area contributed by atoms with Gasteiger partial charge in [-0.25, -0.2) is 0 Å². The van der Waals surface area contributed by atoms with Crippen molar-refractivity contribution in [1.82, 2.24) is 0 Å². The minimum Gasteiger partial charge on any atom is -0.506 e. The number of benzene rings is 2. The Hall–Kier alpha value is -2.16. The molecule has 1 atom stereocenters. The van der Waals surface area contributed by atoms with E-state index in [1.165, 1.54) is 11.1 Å². The van der Waals surface area contributed by atoms with Crippen LogP contribution in [0.1, 0.15) is 17.0 Å². The van der Waals surface area contributed by atoms with E-state index >= 15 is 0 Å². The summed E-state index contributed by atoms with van der Waals surface area (Å²) in [5.41, 5.74) is 8.81.